The Morgan fingerprint density at radius 1 is 1.26 bits per heavy atom. The second kappa shape index (κ2) is 5.37. The molecule has 3 heterocycles. The molecule has 2 aromatic rings. The number of carboxylic acid groups (broad SMARTS) is 1. The molecule has 0 bridgehead atoms. The van der Waals surface area contributed by atoms with Gasteiger partial charge in [0.15, 0.2) is 0 Å². The molecule has 0 spiro atoms. The lowest BCUT2D eigenvalue weighted by Gasteiger charge is -2.15. The maximum atomic E-state index is 12.5. The van der Waals surface area contributed by atoms with Gasteiger partial charge in [-0.2, -0.15) is 0 Å². The zero-order valence-corrected chi connectivity index (χ0v) is 12.8. The van der Waals surface area contributed by atoms with Crippen molar-refractivity contribution < 1.29 is 14.7 Å². The van der Waals surface area contributed by atoms with Crippen molar-refractivity contribution in [3.05, 3.63) is 36.3 Å². The number of hydrogen-bond donors (Lipinski definition) is 1. The second-order valence-electron chi connectivity index (χ2n) is 6.62. The highest BCUT2D eigenvalue weighted by molar-refractivity contribution is 5.80. The number of aliphatic carboxylic acids is 1. The van der Waals surface area contributed by atoms with Crippen LogP contribution in [0.4, 0.5) is 0 Å². The fourth-order valence-corrected chi connectivity index (χ4v) is 3.64. The minimum atomic E-state index is -0.773. The highest BCUT2D eigenvalue weighted by atomic mass is 16.4. The van der Waals surface area contributed by atoms with Crippen LogP contribution in [-0.4, -0.2) is 44.4 Å². The third-order valence-corrected chi connectivity index (χ3v) is 5.01. The summed E-state index contributed by atoms with van der Waals surface area (Å²) in [6, 6.07) is 5.72. The van der Waals surface area contributed by atoms with E-state index < -0.39 is 11.9 Å². The molecule has 0 radical (unpaired) electrons. The number of aromatic nitrogens is 2. The predicted molar refractivity (Wildman–Crippen MR) is 82.8 cm³/mol. The fourth-order valence-electron chi connectivity index (χ4n) is 3.64. The molecule has 23 heavy (non-hydrogen) atoms. The van der Waals surface area contributed by atoms with Gasteiger partial charge in [-0.3, -0.25) is 9.59 Å². The summed E-state index contributed by atoms with van der Waals surface area (Å²) in [7, 11) is 0. The van der Waals surface area contributed by atoms with Crippen LogP contribution in [0.5, 0.6) is 0 Å². The lowest BCUT2D eigenvalue weighted by atomic mass is 9.92. The Bertz CT molecular complexity index is 732. The minimum Gasteiger partial charge on any atom is -0.481 e. The Labute approximate surface area is 133 Å². The average molecular weight is 313 g/mol. The first-order valence-electron chi connectivity index (χ1n) is 8.05. The van der Waals surface area contributed by atoms with E-state index in [1.807, 2.05) is 35.0 Å². The highest BCUT2D eigenvalue weighted by Gasteiger charge is 2.46. The molecule has 6 heteroatoms. The van der Waals surface area contributed by atoms with Gasteiger partial charge in [-0.1, -0.05) is 6.07 Å². The van der Waals surface area contributed by atoms with Crippen molar-refractivity contribution in [2.45, 2.75) is 19.3 Å². The minimum absolute atomic E-state index is 0.0252. The van der Waals surface area contributed by atoms with E-state index >= 15 is 0 Å². The number of imidazole rings is 1. The number of likely N-dealkylation sites (tertiary alicyclic amines) is 1. The summed E-state index contributed by atoms with van der Waals surface area (Å²) in [4.78, 5) is 30.1. The van der Waals surface area contributed by atoms with Gasteiger partial charge in [0.25, 0.3) is 0 Å². The third kappa shape index (κ3) is 2.69. The van der Waals surface area contributed by atoms with Gasteiger partial charge in [-0.15, -0.1) is 0 Å². The molecule has 120 valence electrons. The monoisotopic (exact) mass is 313 g/mol. The molecule has 0 aromatic carbocycles. The van der Waals surface area contributed by atoms with Crippen LogP contribution >= 0.6 is 0 Å². The number of nitrogens with zero attached hydrogens (tertiary/aromatic N) is 3. The number of fused-ring (bicyclic) bond motifs is 1. The molecular weight excluding hydrogens is 294 g/mol. The Morgan fingerprint density at radius 2 is 2.09 bits per heavy atom. The van der Waals surface area contributed by atoms with E-state index in [9.17, 15) is 14.7 Å². The van der Waals surface area contributed by atoms with E-state index in [2.05, 4.69) is 4.98 Å². The molecule has 2 aromatic heterocycles. The summed E-state index contributed by atoms with van der Waals surface area (Å²) in [5.41, 5.74) is 1.54. The van der Waals surface area contributed by atoms with E-state index in [1.54, 1.807) is 4.90 Å². The van der Waals surface area contributed by atoms with Gasteiger partial charge >= 0.3 is 5.97 Å². The summed E-state index contributed by atoms with van der Waals surface area (Å²) < 4.78 is 1.89. The first kappa shape index (κ1) is 14.2. The van der Waals surface area contributed by atoms with Crippen LogP contribution in [0.25, 0.3) is 5.65 Å². The van der Waals surface area contributed by atoms with E-state index in [-0.39, 0.29) is 18.2 Å². The summed E-state index contributed by atoms with van der Waals surface area (Å²) in [6.45, 7) is 0.913. The van der Waals surface area contributed by atoms with Crippen molar-refractivity contribution >= 4 is 17.5 Å². The van der Waals surface area contributed by atoms with Crippen LogP contribution in [-0.2, 0) is 16.0 Å². The topological polar surface area (TPSA) is 74.9 Å². The highest BCUT2D eigenvalue weighted by Crippen LogP contribution is 2.44. The molecule has 1 aliphatic heterocycles. The molecule has 1 amide bonds. The van der Waals surface area contributed by atoms with E-state index in [0.717, 1.165) is 24.2 Å². The van der Waals surface area contributed by atoms with Crippen molar-refractivity contribution in [3.8, 4) is 0 Å². The molecular formula is C17H19N3O3. The Morgan fingerprint density at radius 3 is 2.78 bits per heavy atom. The van der Waals surface area contributed by atoms with Crippen molar-refractivity contribution in [1.29, 1.82) is 0 Å². The van der Waals surface area contributed by atoms with Gasteiger partial charge < -0.3 is 14.4 Å². The number of rotatable bonds is 4. The van der Waals surface area contributed by atoms with Crippen LogP contribution < -0.4 is 0 Å². The van der Waals surface area contributed by atoms with Crippen LogP contribution in [0.15, 0.2) is 30.6 Å². The zero-order valence-electron chi connectivity index (χ0n) is 12.8. The van der Waals surface area contributed by atoms with Crippen molar-refractivity contribution in [3.63, 3.8) is 0 Å². The second-order valence-corrected chi connectivity index (χ2v) is 6.62. The molecule has 1 aliphatic carbocycles. The molecule has 6 nitrogen and oxygen atoms in total. The lowest BCUT2D eigenvalue weighted by Crippen LogP contribution is -2.31. The normalized spacial score (nSPS) is 24.3. The first-order chi connectivity index (χ1) is 11.1. The Hall–Kier alpha value is -2.37. The number of carboxylic acids is 1. The van der Waals surface area contributed by atoms with E-state index in [4.69, 9.17) is 0 Å². The van der Waals surface area contributed by atoms with E-state index in [1.165, 1.54) is 0 Å². The average Bonchev–Trinajstić information content (AvgIpc) is 3.12. The SMILES string of the molecule is O=C(O)[C@H]1CN(C(=O)Cc2cn3ccccc3n2)C[C@@H]1C1CC1. The standard InChI is InChI=1S/C17H19N3O3/c21-16(7-12-8-19-6-2-1-3-15(19)18-12)20-9-13(11-4-5-11)14(10-20)17(22)23/h1-3,6,8,11,13-14H,4-5,7,9-10H2,(H,22,23)/t13-,14+/m1/s1. The van der Waals surface area contributed by atoms with Gasteiger partial charge in [0, 0.05) is 25.5 Å². The quantitative estimate of drug-likeness (QED) is 0.927. The maximum absolute atomic E-state index is 12.5. The molecule has 2 atom stereocenters. The number of carbonyl (C=O) groups is 2. The summed E-state index contributed by atoms with van der Waals surface area (Å²) in [6.07, 6.45) is 6.18. The number of carbonyl (C=O) groups excluding carboxylic acids is 1. The first-order valence-corrected chi connectivity index (χ1v) is 8.05. The van der Waals surface area contributed by atoms with Gasteiger partial charge in [0.05, 0.1) is 18.0 Å². The molecule has 1 N–H and O–H groups in total. The lowest BCUT2D eigenvalue weighted by molar-refractivity contribution is -0.142. The van der Waals surface area contributed by atoms with Crippen molar-refractivity contribution in [2.75, 3.05) is 13.1 Å². The van der Waals surface area contributed by atoms with Crippen LogP contribution in [0.3, 0.4) is 0 Å². The summed E-state index contributed by atoms with van der Waals surface area (Å²) >= 11 is 0. The largest absolute Gasteiger partial charge is 0.481 e. The molecule has 4 rings (SSSR count). The summed E-state index contributed by atoms with van der Waals surface area (Å²) in [5.74, 6) is -0.595. The van der Waals surface area contributed by atoms with Gasteiger partial charge in [0.1, 0.15) is 5.65 Å². The van der Waals surface area contributed by atoms with Gasteiger partial charge in [-0.25, -0.2) is 4.98 Å². The van der Waals surface area contributed by atoms with Crippen LogP contribution in [0, 0.1) is 17.8 Å². The van der Waals surface area contributed by atoms with Gasteiger partial charge in [0.2, 0.25) is 5.91 Å². The molecule has 1 saturated carbocycles. The predicted octanol–water partition coefficient (Wildman–Crippen LogP) is 1.45. The third-order valence-electron chi connectivity index (χ3n) is 5.01. The molecule has 0 unspecified atom stereocenters. The fraction of sp³-hybridized carbons (Fsp3) is 0.471. The van der Waals surface area contributed by atoms with Gasteiger partial charge in [-0.05, 0) is 36.8 Å². The molecule has 2 fully saturated rings. The number of hydrogen-bond acceptors (Lipinski definition) is 3. The van der Waals surface area contributed by atoms with Crippen molar-refractivity contribution in [2.24, 2.45) is 17.8 Å². The number of amides is 1. The maximum Gasteiger partial charge on any atom is 0.308 e. The van der Waals surface area contributed by atoms with Crippen molar-refractivity contribution in [1.82, 2.24) is 14.3 Å². The smallest absolute Gasteiger partial charge is 0.308 e. The number of pyridine rings is 1. The Balaban J connectivity index is 1.47. The van der Waals surface area contributed by atoms with Crippen LogP contribution in [0.1, 0.15) is 18.5 Å². The van der Waals surface area contributed by atoms with E-state index in [0.29, 0.717) is 19.0 Å². The van der Waals surface area contributed by atoms with Crippen LogP contribution in [0.2, 0.25) is 0 Å². The zero-order chi connectivity index (χ0) is 16.0. The summed E-state index contributed by atoms with van der Waals surface area (Å²) in [5, 5.41) is 9.39. The Kier molecular flexibility index (Phi) is 3.32. The molecule has 1 saturated heterocycles. The molecule has 2 aliphatic rings.